The Morgan fingerprint density at radius 2 is 2.41 bits per heavy atom. The summed E-state index contributed by atoms with van der Waals surface area (Å²) in [6, 6.07) is 0.267. The van der Waals surface area contributed by atoms with E-state index < -0.39 is 5.54 Å². The van der Waals surface area contributed by atoms with Crippen LogP contribution in [0.3, 0.4) is 0 Å². The lowest BCUT2D eigenvalue weighted by Gasteiger charge is -2.23. The van der Waals surface area contributed by atoms with E-state index in [4.69, 9.17) is 5.11 Å². The Balaban J connectivity index is 1.79. The van der Waals surface area contributed by atoms with Crippen LogP contribution in [0.2, 0.25) is 0 Å². The van der Waals surface area contributed by atoms with Crippen LogP contribution < -0.4 is 16.2 Å². The van der Waals surface area contributed by atoms with Gasteiger partial charge in [0.15, 0.2) is 0 Å². The molecule has 0 saturated heterocycles. The molecule has 2 unspecified atom stereocenters. The molecule has 92 valence electrons. The van der Waals surface area contributed by atoms with E-state index in [2.05, 4.69) is 22.2 Å². The molecule has 0 spiro atoms. The molecule has 4 N–H and O–H groups in total. The summed E-state index contributed by atoms with van der Waals surface area (Å²) in [6.45, 7) is 3.50. The van der Waals surface area contributed by atoms with Gasteiger partial charge >= 0.3 is 0 Å². The molecule has 2 aliphatic carbocycles. The summed E-state index contributed by atoms with van der Waals surface area (Å²) in [5.74, 6) is 0.431. The summed E-state index contributed by atoms with van der Waals surface area (Å²) >= 11 is 0. The summed E-state index contributed by atoms with van der Waals surface area (Å²) in [7, 11) is 0. The van der Waals surface area contributed by atoms with Crippen LogP contribution in [0.25, 0.3) is 0 Å². The third-order valence-corrected chi connectivity index (χ3v) is 3.57. The van der Waals surface area contributed by atoms with Crippen molar-refractivity contribution in [2.45, 2.75) is 31.8 Å². The van der Waals surface area contributed by atoms with Gasteiger partial charge in [0.1, 0.15) is 5.70 Å². The number of nitrogens with one attached hydrogen (secondary N) is 3. The fraction of sp³-hybridized carbons (Fsp3) is 0.583. The van der Waals surface area contributed by atoms with Crippen LogP contribution in [0.15, 0.2) is 22.9 Å². The van der Waals surface area contributed by atoms with Crippen LogP contribution in [0.5, 0.6) is 0 Å². The maximum Gasteiger partial charge on any atom is 0.269 e. The molecule has 5 heteroatoms. The highest BCUT2D eigenvalue weighted by Gasteiger charge is 2.48. The Bertz CT molecular complexity index is 451. The summed E-state index contributed by atoms with van der Waals surface area (Å²) in [6.07, 6.45) is 3.27. The highest BCUT2D eigenvalue weighted by Crippen LogP contribution is 2.50. The van der Waals surface area contributed by atoms with Gasteiger partial charge in [0.2, 0.25) is 0 Å². The SMILES string of the molecule is CC(C)(CO)NC(=O)C1=C2C=C3CC3C2NN1. The van der Waals surface area contributed by atoms with Gasteiger partial charge in [-0.3, -0.25) is 4.79 Å². The van der Waals surface area contributed by atoms with Crippen LogP contribution in [-0.4, -0.2) is 29.2 Å². The molecule has 1 heterocycles. The molecule has 0 aromatic rings. The van der Waals surface area contributed by atoms with E-state index >= 15 is 0 Å². The largest absolute Gasteiger partial charge is 0.394 e. The third kappa shape index (κ3) is 1.66. The molecule has 3 aliphatic rings. The second-order valence-electron chi connectivity index (χ2n) is 5.60. The summed E-state index contributed by atoms with van der Waals surface area (Å²) in [5, 5.41) is 12.0. The van der Waals surface area contributed by atoms with E-state index in [9.17, 15) is 4.79 Å². The average Bonchev–Trinajstić information content (AvgIpc) is 2.75. The standard InChI is InChI=1S/C12H17N3O2/c1-12(2,5-16)13-11(17)10-8-4-6-3-7(6)9(8)14-15-10/h4,7,9,14-16H,3,5H2,1-2H3,(H,13,17). The lowest BCUT2D eigenvalue weighted by atomic mass is 10.0. The average molecular weight is 235 g/mol. The Morgan fingerprint density at radius 1 is 1.65 bits per heavy atom. The van der Waals surface area contributed by atoms with E-state index in [0.717, 1.165) is 12.0 Å². The number of amides is 1. The highest BCUT2D eigenvalue weighted by atomic mass is 16.3. The van der Waals surface area contributed by atoms with Gasteiger partial charge < -0.3 is 15.8 Å². The molecular weight excluding hydrogens is 218 g/mol. The normalized spacial score (nSPS) is 29.5. The monoisotopic (exact) mass is 235 g/mol. The number of hydrogen-bond acceptors (Lipinski definition) is 4. The van der Waals surface area contributed by atoms with Gasteiger partial charge in [0.25, 0.3) is 5.91 Å². The molecule has 17 heavy (non-hydrogen) atoms. The maximum absolute atomic E-state index is 12.1. The first kappa shape index (κ1) is 10.8. The van der Waals surface area contributed by atoms with Crippen LogP contribution in [0.1, 0.15) is 20.3 Å². The molecule has 3 rings (SSSR count). The molecule has 0 aromatic heterocycles. The van der Waals surface area contributed by atoms with Crippen molar-refractivity contribution in [1.82, 2.24) is 16.2 Å². The molecule has 0 radical (unpaired) electrons. The van der Waals surface area contributed by atoms with Crippen LogP contribution in [0.4, 0.5) is 0 Å². The van der Waals surface area contributed by atoms with E-state index in [-0.39, 0.29) is 18.6 Å². The first-order valence-corrected chi connectivity index (χ1v) is 5.91. The predicted molar refractivity (Wildman–Crippen MR) is 62.6 cm³/mol. The second-order valence-corrected chi connectivity index (χ2v) is 5.60. The van der Waals surface area contributed by atoms with E-state index in [1.54, 1.807) is 13.8 Å². The zero-order valence-corrected chi connectivity index (χ0v) is 10.0. The summed E-state index contributed by atoms with van der Waals surface area (Å²) < 4.78 is 0. The van der Waals surface area contributed by atoms with Crippen molar-refractivity contribution >= 4 is 5.91 Å². The fourth-order valence-corrected chi connectivity index (χ4v) is 2.42. The Morgan fingerprint density at radius 3 is 3.12 bits per heavy atom. The smallest absolute Gasteiger partial charge is 0.269 e. The first-order chi connectivity index (χ1) is 8.02. The predicted octanol–water partition coefficient (Wildman–Crippen LogP) is -0.436. The second kappa shape index (κ2) is 3.34. The van der Waals surface area contributed by atoms with E-state index in [1.807, 2.05) is 0 Å². The first-order valence-electron chi connectivity index (χ1n) is 5.91. The molecule has 1 saturated carbocycles. The van der Waals surface area contributed by atoms with Crippen molar-refractivity contribution in [3.8, 4) is 0 Å². The quantitative estimate of drug-likeness (QED) is 0.535. The zero-order valence-electron chi connectivity index (χ0n) is 10.0. The van der Waals surface area contributed by atoms with Crippen molar-refractivity contribution in [1.29, 1.82) is 0 Å². The minimum Gasteiger partial charge on any atom is -0.394 e. The number of aliphatic hydroxyl groups is 1. The van der Waals surface area contributed by atoms with Gasteiger partial charge in [-0.2, -0.15) is 0 Å². The Kier molecular flexibility index (Phi) is 2.12. The minimum absolute atomic E-state index is 0.0814. The molecule has 1 aliphatic heterocycles. The molecule has 5 nitrogen and oxygen atoms in total. The number of rotatable bonds is 3. The van der Waals surface area contributed by atoms with Crippen LogP contribution in [-0.2, 0) is 4.79 Å². The van der Waals surface area contributed by atoms with Gasteiger partial charge in [0, 0.05) is 11.5 Å². The van der Waals surface area contributed by atoms with E-state index in [1.165, 1.54) is 5.57 Å². The third-order valence-electron chi connectivity index (χ3n) is 3.57. The van der Waals surface area contributed by atoms with Crippen molar-refractivity contribution in [3.05, 3.63) is 22.9 Å². The number of hydrogen-bond donors (Lipinski definition) is 4. The van der Waals surface area contributed by atoms with Gasteiger partial charge in [0.05, 0.1) is 18.2 Å². The van der Waals surface area contributed by atoms with Gasteiger partial charge in [-0.1, -0.05) is 11.6 Å². The molecular formula is C12H17N3O2. The lowest BCUT2D eigenvalue weighted by Crippen LogP contribution is -2.48. The Labute approximate surface area is 99.9 Å². The molecule has 2 atom stereocenters. The summed E-state index contributed by atoms with van der Waals surface area (Å²) in [4.78, 5) is 12.1. The molecule has 0 bridgehead atoms. The van der Waals surface area contributed by atoms with Crippen molar-refractivity contribution in [3.63, 3.8) is 0 Å². The Hall–Kier alpha value is -1.33. The number of fused-ring (bicyclic) bond motifs is 3. The van der Waals surface area contributed by atoms with Crippen molar-refractivity contribution in [2.24, 2.45) is 5.92 Å². The van der Waals surface area contributed by atoms with Crippen molar-refractivity contribution < 1.29 is 9.90 Å². The van der Waals surface area contributed by atoms with Gasteiger partial charge in [-0.05, 0) is 20.3 Å². The molecule has 1 amide bonds. The van der Waals surface area contributed by atoms with Crippen molar-refractivity contribution in [2.75, 3.05) is 6.61 Å². The fourth-order valence-electron chi connectivity index (χ4n) is 2.42. The number of aliphatic hydroxyl groups excluding tert-OH is 1. The van der Waals surface area contributed by atoms with Crippen LogP contribution in [0, 0.1) is 5.92 Å². The molecule has 0 aromatic carbocycles. The lowest BCUT2D eigenvalue weighted by molar-refractivity contribution is -0.119. The molecule has 1 fully saturated rings. The minimum atomic E-state index is -0.598. The topological polar surface area (TPSA) is 73.4 Å². The number of hydrazine groups is 1. The maximum atomic E-state index is 12.1. The zero-order chi connectivity index (χ0) is 12.2. The number of carbonyl (C=O) groups is 1. The summed E-state index contributed by atoms with van der Waals surface area (Å²) in [5.41, 5.74) is 8.59. The number of carbonyl (C=O) groups excluding carboxylic acids is 1. The van der Waals surface area contributed by atoms with E-state index in [0.29, 0.717) is 11.6 Å². The van der Waals surface area contributed by atoms with Gasteiger partial charge in [-0.15, -0.1) is 0 Å². The highest BCUT2D eigenvalue weighted by molar-refractivity contribution is 5.95. The van der Waals surface area contributed by atoms with Gasteiger partial charge in [-0.25, -0.2) is 5.43 Å². The van der Waals surface area contributed by atoms with Crippen LogP contribution >= 0.6 is 0 Å².